The van der Waals surface area contributed by atoms with Crippen molar-refractivity contribution < 1.29 is 12.4 Å². The Bertz CT molecular complexity index is 387. The zero-order valence-electron chi connectivity index (χ0n) is 18.2. The lowest BCUT2D eigenvalue weighted by Gasteiger charge is -2.41. The highest BCUT2D eigenvalue weighted by atomic mass is 16.0. The van der Waals surface area contributed by atoms with E-state index in [1.165, 1.54) is 44.9 Å². The van der Waals surface area contributed by atoms with E-state index in [4.69, 9.17) is 0 Å². The topological polar surface area (TPSA) is 63.0 Å². The Morgan fingerprint density at radius 3 is 1.48 bits per heavy atom. The van der Waals surface area contributed by atoms with Crippen molar-refractivity contribution in [2.45, 2.75) is 110 Å². The predicted molar refractivity (Wildman–Crippen MR) is 120 cm³/mol. The smallest absolute Gasteiger partial charge is 0 e. The van der Waals surface area contributed by atoms with Gasteiger partial charge in [0.1, 0.15) is 0 Å². The molecule has 0 amide bonds. The van der Waals surface area contributed by atoms with E-state index in [1.807, 2.05) is 0 Å². The zero-order valence-corrected chi connectivity index (χ0v) is 18.2. The Hall–Kier alpha value is -0.340. The van der Waals surface area contributed by atoms with Gasteiger partial charge in [-0.15, -0.1) is 0 Å². The Labute approximate surface area is 170 Å². The van der Waals surface area contributed by atoms with Crippen LogP contribution in [0.4, 0.5) is 0 Å². The van der Waals surface area contributed by atoms with Gasteiger partial charge in [-0.25, -0.2) is 0 Å². The maximum Gasteiger partial charge on any atom is 0 e. The van der Waals surface area contributed by atoms with Crippen LogP contribution in [0, 0.1) is 35.5 Å². The van der Waals surface area contributed by atoms with Crippen LogP contribution in [0.1, 0.15) is 112 Å². The summed E-state index contributed by atoms with van der Waals surface area (Å²) in [6.07, 6.45) is 27.4. The molecule has 0 bridgehead atoms. The second-order valence-corrected chi connectivity index (χ2v) is 9.93. The molecular formula is C25H50O2. The summed E-state index contributed by atoms with van der Waals surface area (Å²) in [5, 5.41) is 0. The van der Waals surface area contributed by atoms with Crippen molar-refractivity contribution >= 4 is 0 Å². The molecule has 0 radical (unpaired) electrons. The van der Waals surface area contributed by atoms with Gasteiger partial charge in [0.2, 0.25) is 0 Å². The molecule has 0 heterocycles. The van der Waals surface area contributed by atoms with Crippen molar-refractivity contribution in [3.63, 3.8) is 0 Å². The molecule has 27 heavy (non-hydrogen) atoms. The van der Waals surface area contributed by atoms with Gasteiger partial charge in [-0.3, -0.25) is 0 Å². The van der Waals surface area contributed by atoms with Gasteiger partial charge >= 0.3 is 0 Å². The van der Waals surface area contributed by atoms with Crippen LogP contribution in [-0.4, -0.2) is 11.0 Å². The van der Waals surface area contributed by atoms with Crippen LogP contribution >= 0.6 is 0 Å². The summed E-state index contributed by atoms with van der Waals surface area (Å²) in [5.74, 6) is 6.45. The van der Waals surface area contributed by atoms with Gasteiger partial charge in [-0.2, -0.15) is 0 Å². The molecule has 3 fully saturated rings. The van der Waals surface area contributed by atoms with E-state index < -0.39 is 0 Å². The first-order chi connectivity index (χ1) is 12.3. The molecule has 0 aromatic heterocycles. The molecule has 0 atom stereocenters. The first-order valence-corrected chi connectivity index (χ1v) is 11.9. The van der Waals surface area contributed by atoms with Gasteiger partial charge in [0.05, 0.1) is 0 Å². The van der Waals surface area contributed by atoms with Crippen LogP contribution in [-0.2, 0) is 0 Å². The van der Waals surface area contributed by atoms with Crippen molar-refractivity contribution in [3.8, 4) is 0 Å². The van der Waals surface area contributed by atoms with Crippen LogP contribution in [0.25, 0.3) is 0 Å². The molecule has 0 aromatic rings. The van der Waals surface area contributed by atoms with E-state index in [1.54, 1.807) is 51.4 Å². The molecule has 4 N–H and O–H groups in total. The third-order valence-electron chi connectivity index (χ3n) is 8.25. The predicted octanol–water partition coefficient (Wildman–Crippen LogP) is 6.77. The normalized spacial score (nSPS) is 37.4. The highest BCUT2D eigenvalue weighted by molar-refractivity contribution is 4.86. The average Bonchev–Trinajstić information content (AvgIpc) is 2.67. The van der Waals surface area contributed by atoms with E-state index in [9.17, 15) is 0 Å². The molecule has 162 valence electrons. The fourth-order valence-electron chi connectivity index (χ4n) is 6.41. The standard InChI is InChI=1S/C25H44.2H2O.H2/c1-3-4-5-6-7-21-10-14-23(15-11-21)25-18-16-24(17-19-25)22-12-8-20(2)9-13-22;;;/h4-5,20-25H,3,6-19H2,1-2H3;2*1H2;1H/b5-4+;;;. The third kappa shape index (κ3) is 7.54. The number of hydrogen-bond acceptors (Lipinski definition) is 0. The van der Waals surface area contributed by atoms with E-state index in [0.717, 1.165) is 35.5 Å². The summed E-state index contributed by atoms with van der Waals surface area (Å²) in [6.45, 7) is 4.70. The van der Waals surface area contributed by atoms with E-state index >= 15 is 0 Å². The van der Waals surface area contributed by atoms with Crippen molar-refractivity contribution in [1.82, 2.24) is 0 Å². The second kappa shape index (κ2) is 13.0. The fourth-order valence-corrected chi connectivity index (χ4v) is 6.41. The maximum atomic E-state index is 2.46. The molecule has 2 heteroatoms. The third-order valence-corrected chi connectivity index (χ3v) is 8.25. The molecule has 0 aromatic carbocycles. The summed E-state index contributed by atoms with van der Waals surface area (Å²) in [4.78, 5) is 0. The summed E-state index contributed by atoms with van der Waals surface area (Å²) in [6, 6.07) is 0. The summed E-state index contributed by atoms with van der Waals surface area (Å²) in [5.41, 5.74) is 0. The molecule has 2 nitrogen and oxygen atoms in total. The van der Waals surface area contributed by atoms with Crippen LogP contribution in [0.3, 0.4) is 0 Å². The lowest BCUT2D eigenvalue weighted by Crippen LogP contribution is -2.29. The molecular weight excluding hydrogens is 332 g/mol. The summed E-state index contributed by atoms with van der Waals surface area (Å²) in [7, 11) is 0. The Morgan fingerprint density at radius 1 is 0.630 bits per heavy atom. The molecule has 3 rings (SSSR count). The highest BCUT2D eigenvalue weighted by Gasteiger charge is 2.34. The Balaban J connectivity index is 0.00000243. The molecule has 3 saturated carbocycles. The SMILES string of the molecule is CC/C=C/CCC1CCC(C2CCC(C3CCC(C)CC3)CC2)CC1.O.O.[HH]. The minimum atomic E-state index is 0. The Morgan fingerprint density at radius 2 is 1.04 bits per heavy atom. The number of hydrogen-bond donors (Lipinski definition) is 0. The highest BCUT2D eigenvalue weighted by Crippen LogP contribution is 2.46. The van der Waals surface area contributed by atoms with Gasteiger partial charge in [-0.05, 0) is 106 Å². The van der Waals surface area contributed by atoms with Crippen LogP contribution in [0.5, 0.6) is 0 Å². The van der Waals surface area contributed by atoms with E-state index in [0.29, 0.717) is 0 Å². The van der Waals surface area contributed by atoms with Gasteiger partial charge < -0.3 is 11.0 Å². The van der Waals surface area contributed by atoms with Gasteiger partial charge in [0, 0.05) is 1.43 Å². The largest absolute Gasteiger partial charge is 0.412 e. The average molecular weight is 383 g/mol. The van der Waals surface area contributed by atoms with Gasteiger partial charge in [0.25, 0.3) is 0 Å². The summed E-state index contributed by atoms with van der Waals surface area (Å²) >= 11 is 0. The molecule has 0 unspecified atom stereocenters. The molecule has 3 aliphatic rings. The van der Waals surface area contributed by atoms with Crippen molar-refractivity contribution in [2.24, 2.45) is 35.5 Å². The second-order valence-electron chi connectivity index (χ2n) is 9.93. The number of rotatable bonds is 6. The molecule has 0 spiro atoms. The maximum absolute atomic E-state index is 2.46. The number of allylic oxidation sites excluding steroid dienone is 2. The lowest BCUT2D eigenvalue weighted by atomic mass is 9.65. The van der Waals surface area contributed by atoms with Crippen LogP contribution in [0.2, 0.25) is 0 Å². The van der Waals surface area contributed by atoms with Crippen molar-refractivity contribution in [2.75, 3.05) is 0 Å². The van der Waals surface area contributed by atoms with Gasteiger partial charge in [0.15, 0.2) is 0 Å². The molecule has 0 saturated heterocycles. The van der Waals surface area contributed by atoms with Crippen LogP contribution in [0.15, 0.2) is 12.2 Å². The molecule has 0 aliphatic heterocycles. The minimum absolute atomic E-state index is 0. The summed E-state index contributed by atoms with van der Waals surface area (Å²) < 4.78 is 0. The minimum Gasteiger partial charge on any atom is -0.412 e. The Kier molecular flexibility index (Phi) is 11.9. The zero-order chi connectivity index (χ0) is 17.5. The van der Waals surface area contributed by atoms with E-state index in [2.05, 4.69) is 26.0 Å². The molecule has 3 aliphatic carbocycles. The fraction of sp³-hybridized carbons (Fsp3) is 0.920. The quantitative estimate of drug-likeness (QED) is 0.455. The first kappa shape index (κ1) is 24.7. The van der Waals surface area contributed by atoms with Crippen molar-refractivity contribution in [1.29, 1.82) is 0 Å². The van der Waals surface area contributed by atoms with Gasteiger partial charge in [-0.1, -0.05) is 51.7 Å². The van der Waals surface area contributed by atoms with E-state index in [-0.39, 0.29) is 12.4 Å². The van der Waals surface area contributed by atoms with Crippen molar-refractivity contribution in [3.05, 3.63) is 12.2 Å². The lowest BCUT2D eigenvalue weighted by molar-refractivity contribution is 0.105. The first-order valence-electron chi connectivity index (χ1n) is 11.9. The monoisotopic (exact) mass is 382 g/mol. The van der Waals surface area contributed by atoms with Crippen LogP contribution < -0.4 is 0 Å².